The first-order valence-corrected chi connectivity index (χ1v) is 7.82. The number of rotatable bonds is 5. The number of nitrogens with two attached hydrogens (primary N) is 1. The summed E-state index contributed by atoms with van der Waals surface area (Å²) in [6.45, 7) is 1.94. The van der Waals surface area contributed by atoms with Gasteiger partial charge in [-0.1, -0.05) is 18.2 Å². The summed E-state index contributed by atoms with van der Waals surface area (Å²) >= 11 is 0. The molecule has 1 aromatic heterocycles. The molecular weight excluding hydrogens is 280 g/mol. The van der Waals surface area contributed by atoms with Gasteiger partial charge in [-0.15, -0.1) is 0 Å². The molecule has 1 unspecified atom stereocenters. The zero-order valence-corrected chi connectivity index (χ0v) is 12.6. The van der Waals surface area contributed by atoms with Crippen molar-refractivity contribution in [1.29, 1.82) is 0 Å². The number of ether oxygens (including phenoxy) is 1. The molecule has 1 fully saturated rings. The van der Waals surface area contributed by atoms with Crippen LogP contribution in [0.2, 0.25) is 0 Å². The Bertz CT molecular complexity index is 599. The lowest BCUT2D eigenvalue weighted by Gasteiger charge is -2.26. The Kier molecular flexibility index (Phi) is 4.75. The van der Waals surface area contributed by atoms with E-state index in [-0.39, 0.29) is 11.8 Å². The molecule has 2 aromatic rings. The van der Waals surface area contributed by atoms with Crippen molar-refractivity contribution >= 4 is 16.9 Å². The summed E-state index contributed by atoms with van der Waals surface area (Å²) in [5.74, 6) is 1.02. The number of amides is 1. The maximum Gasteiger partial charge on any atom is 0.237 e. The smallest absolute Gasteiger partial charge is 0.237 e. The van der Waals surface area contributed by atoms with Crippen LogP contribution in [0, 0.1) is 5.92 Å². The number of carbonyl (C=O) groups excluding carboxylic acids is 1. The lowest BCUT2D eigenvalue weighted by Crippen LogP contribution is -2.47. The summed E-state index contributed by atoms with van der Waals surface area (Å²) in [4.78, 5) is 12.1. The molecule has 118 valence electrons. The molecule has 1 aliphatic rings. The van der Waals surface area contributed by atoms with Crippen molar-refractivity contribution in [2.24, 2.45) is 11.7 Å². The van der Waals surface area contributed by atoms with E-state index in [0.717, 1.165) is 29.6 Å². The summed E-state index contributed by atoms with van der Waals surface area (Å²) in [6, 6.07) is 9.46. The quantitative estimate of drug-likeness (QED) is 0.883. The Morgan fingerprint density at radius 1 is 1.32 bits per heavy atom. The second kappa shape index (κ2) is 6.94. The summed E-state index contributed by atoms with van der Waals surface area (Å²) in [7, 11) is 0. The molecule has 5 heteroatoms. The lowest BCUT2D eigenvalue weighted by atomic mass is 9.92. The Balaban J connectivity index is 1.48. The van der Waals surface area contributed by atoms with Crippen molar-refractivity contribution in [2.45, 2.75) is 25.3 Å². The van der Waals surface area contributed by atoms with Crippen LogP contribution in [0.4, 0.5) is 0 Å². The number of nitrogens with one attached hydrogen (secondary N) is 1. The van der Waals surface area contributed by atoms with Gasteiger partial charge in [0.25, 0.3) is 0 Å². The third-order valence-corrected chi connectivity index (χ3v) is 4.22. The minimum atomic E-state index is -0.445. The topological polar surface area (TPSA) is 77.5 Å². The van der Waals surface area contributed by atoms with E-state index in [2.05, 4.69) is 5.32 Å². The van der Waals surface area contributed by atoms with E-state index >= 15 is 0 Å². The fourth-order valence-corrected chi connectivity index (χ4v) is 2.88. The van der Waals surface area contributed by atoms with Gasteiger partial charge in [-0.05, 0) is 30.9 Å². The molecular formula is C17H22N2O3. The standard InChI is InChI=1S/C17H22N2O3/c18-16(12-6-9-21-10-7-12)17(20)19-8-5-14-11-13-3-1-2-4-15(13)22-14/h1-4,11-12,16H,5-10,18H2,(H,19,20). The van der Waals surface area contributed by atoms with Gasteiger partial charge in [0.1, 0.15) is 11.3 Å². The van der Waals surface area contributed by atoms with E-state index in [9.17, 15) is 4.79 Å². The number of carbonyl (C=O) groups is 1. The molecule has 1 amide bonds. The molecule has 22 heavy (non-hydrogen) atoms. The highest BCUT2D eigenvalue weighted by Crippen LogP contribution is 2.19. The van der Waals surface area contributed by atoms with Gasteiger partial charge in [-0.3, -0.25) is 4.79 Å². The van der Waals surface area contributed by atoms with E-state index in [4.69, 9.17) is 14.9 Å². The maximum absolute atomic E-state index is 12.1. The fourth-order valence-electron chi connectivity index (χ4n) is 2.88. The van der Waals surface area contributed by atoms with Crippen molar-refractivity contribution < 1.29 is 13.9 Å². The highest BCUT2D eigenvalue weighted by Gasteiger charge is 2.26. The molecule has 3 rings (SSSR count). The molecule has 0 bridgehead atoms. The van der Waals surface area contributed by atoms with Crippen LogP contribution in [0.5, 0.6) is 0 Å². The van der Waals surface area contributed by atoms with E-state index < -0.39 is 6.04 Å². The zero-order chi connectivity index (χ0) is 15.4. The summed E-state index contributed by atoms with van der Waals surface area (Å²) in [5, 5.41) is 3.99. The van der Waals surface area contributed by atoms with Gasteiger partial charge >= 0.3 is 0 Å². The number of para-hydroxylation sites is 1. The van der Waals surface area contributed by atoms with Crippen molar-refractivity contribution in [1.82, 2.24) is 5.32 Å². The fraction of sp³-hybridized carbons (Fsp3) is 0.471. The highest BCUT2D eigenvalue weighted by atomic mass is 16.5. The van der Waals surface area contributed by atoms with Gasteiger partial charge in [-0.25, -0.2) is 0 Å². The van der Waals surface area contributed by atoms with Crippen LogP contribution in [0.15, 0.2) is 34.7 Å². The number of hydrogen-bond acceptors (Lipinski definition) is 4. The van der Waals surface area contributed by atoms with Crippen LogP contribution in [-0.2, 0) is 16.0 Å². The third kappa shape index (κ3) is 3.48. The van der Waals surface area contributed by atoms with Gasteiger partial charge in [0.05, 0.1) is 6.04 Å². The average Bonchev–Trinajstić information content (AvgIpc) is 2.97. The molecule has 0 spiro atoms. The van der Waals surface area contributed by atoms with Crippen molar-refractivity contribution in [3.05, 3.63) is 36.1 Å². The van der Waals surface area contributed by atoms with E-state index in [1.807, 2.05) is 30.3 Å². The first-order chi connectivity index (χ1) is 10.7. The summed E-state index contributed by atoms with van der Waals surface area (Å²) in [6.07, 6.45) is 2.39. The molecule has 3 N–H and O–H groups in total. The van der Waals surface area contributed by atoms with Crippen LogP contribution in [-0.4, -0.2) is 31.7 Å². The number of furan rings is 1. The molecule has 1 aliphatic heterocycles. The molecule has 5 nitrogen and oxygen atoms in total. The number of benzene rings is 1. The van der Waals surface area contributed by atoms with E-state index in [1.54, 1.807) is 0 Å². The Labute approximate surface area is 129 Å². The Morgan fingerprint density at radius 3 is 2.86 bits per heavy atom. The first kappa shape index (κ1) is 15.1. The predicted molar refractivity (Wildman–Crippen MR) is 84.4 cm³/mol. The molecule has 1 aromatic carbocycles. The van der Waals surface area contributed by atoms with Crippen LogP contribution in [0.25, 0.3) is 11.0 Å². The van der Waals surface area contributed by atoms with Crippen LogP contribution in [0.1, 0.15) is 18.6 Å². The number of fused-ring (bicyclic) bond motifs is 1. The van der Waals surface area contributed by atoms with Crippen molar-refractivity contribution in [3.8, 4) is 0 Å². The Morgan fingerprint density at radius 2 is 2.09 bits per heavy atom. The third-order valence-electron chi connectivity index (χ3n) is 4.22. The van der Waals surface area contributed by atoms with Gasteiger partial charge in [0.2, 0.25) is 5.91 Å². The molecule has 0 aliphatic carbocycles. The minimum absolute atomic E-state index is 0.0805. The second-order valence-corrected chi connectivity index (χ2v) is 5.77. The molecule has 0 radical (unpaired) electrons. The minimum Gasteiger partial charge on any atom is -0.461 e. The largest absolute Gasteiger partial charge is 0.461 e. The van der Waals surface area contributed by atoms with Gasteiger partial charge < -0.3 is 20.2 Å². The molecule has 2 heterocycles. The van der Waals surface area contributed by atoms with Gasteiger partial charge in [0, 0.05) is 31.6 Å². The SMILES string of the molecule is NC(C(=O)NCCc1cc2ccccc2o1)C1CCOCC1. The Hall–Kier alpha value is -1.85. The summed E-state index contributed by atoms with van der Waals surface area (Å²) < 4.78 is 11.0. The van der Waals surface area contributed by atoms with E-state index in [1.165, 1.54) is 0 Å². The predicted octanol–water partition coefficient (Wildman–Crippen LogP) is 1.85. The van der Waals surface area contributed by atoms with Crippen LogP contribution < -0.4 is 11.1 Å². The average molecular weight is 302 g/mol. The second-order valence-electron chi connectivity index (χ2n) is 5.77. The van der Waals surface area contributed by atoms with E-state index in [0.29, 0.717) is 26.2 Å². The summed E-state index contributed by atoms with van der Waals surface area (Å²) in [5.41, 5.74) is 6.92. The number of hydrogen-bond donors (Lipinski definition) is 2. The van der Waals surface area contributed by atoms with Crippen molar-refractivity contribution in [2.75, 3.05) is 19.8 Å². The zero-order valence-electron chi connectivity index (χ0n) is 12.6. The first-order valence-electron chi connectivity index (χ1n) is 7.82. The maximum atomic E-state index is 12.1. The van der Waals surface area contributed by atoms with Crippen molar-refractivity contribution in [3.63, 3.8) is 0 Å². The molecule has 1 atom stereocenters. The monoisotopic (exact) mass is 302 g/mol. The van der Waals surface area contributed by atoms with Crippen LogP contribution >= 0.6 is 0 Å². The van der Waals surface area contributed by atoms with Crippen LogP contribution in [0.3, 0.4) is 0 Å². The lowest BCUT2D eigenvalue weighted by molar-refractivity contribution is -0.124. The molecule has 1 saturated heterocycles. The highest BCUT2D eigenvalue weighted by molar-refractivity contribution is 5.82. The molecule has 0 saturated carbocycles. The normalized spacial score (nSPS) is 17.5. The van der Waals surface area contributed by atoms with Gasteiger partial charge in [0.15, 0.2) is 0 Å². The van der Waals surface area contributed by atoms with Gasteiger partial charge in [-0.2, -0.15) is 0 Å².